The summed E-state index contributed by atoms with van der Waals surface area (Å²) < 4.78 is 11.0. The van der Waals surface area contributed by atoms with Crippen LogP contribution in [-0.2, 0) is 14.3 Å². The smallest absolute Gasteiger partial charge is 0.253 e. The van der Waals surface area contributed by atoms with Gasteiger partial charge < -0.3 is 20.5 Å². The highest BCUT2D eigenvalue weighted by molar-refractivity contribution is 6.40. The van der Waals surface area contributed by atoms with Crippen molar-refractivity contribution in [2.45, 2.75) is 32.0 Å². The van der Waals surface area contributed by atoms with Crippen LogP contribution in [0.25, 0.3) is 0 Å². The highest BCUT2D eigenvalue weighted by Gasteiger charge is 2.21. The Balaban J connectivity index is 1.91. The quantitative estimate of drug-likeness (QED) is 0.812. The SMILES string of the molecule is CC(OCC1CCCO1)C(=O)Nc1c(Cl)cc(N)cc1Cl. The van der Waals surface area contributed by atoms with Gasteiger partial charge in [0.2, 0.25) is 0 Å². The first-order valence-corrected chi connectivity index (χ1v) is 7.51. The number of nitrogen functional groups attached to an aromatic ring is 1. The van der Waals surface area contributed by atoms with E-state index in [2.05, 4.69) is 5.32 Å². The van der Waals surface area contributed by atoms with Crippen molar-refractivity contribution in [3.8, 4) is 0 Å². The Hall–Kier alpha value is -1.01. The third kappa shape index (κ3) is 4.48. The Morgan fingerprint density at radius 2 is 2.19 bits per heavy atom. The molecule has 1 heterocycles. The largest absolute Gasteiger partial charge is 0.399 e. The number of ether oxygens (including phenoxy) is 2. The molecule has 1 saturated heterocycles. The molecule has 2 rings (SSSR count). The standard InChI is InChI=1S/C14H18Cl2N2O3/c1-8(21-7-10-3-2-4-20-10)14(19)18-13-11(15)5-9(17)6-12(13)16/h5-6,8,10H,2-4,7,17H2,1H3,(H,18,19). The third-order valence-electron chi connectivity index (χ3n) is 3.24. The van der Waals surface area contributed by atoms with Gasteiger partial charge in [-0.3, -0.25) is 4.79 Å². The average molecular weight is 333 g/mol. The van der Waals surface area contributed by atoms with Gasteiger partial charge in [-0.2, -0.15) is 0 Å². The monoisotopic (exact) mass is 332 g/mol. The molecule has 5 nitrogen and oxygen atoms in total. The first-order chi connectivity index (χ1) is 9.97. The molecule has 1 aliphatic rings. The zero-order valence-electron chi connectivity index (χ0n) is 11.7. The molecule has 0 bridgehead atoms. The average Bonchev–Trinajstić information content (AvgIpc) is 2.93. The highest BCUT2D eigenvalue weighted by Crippen LogP contribution is 2.32. The van der Waals surface area contributed by atoms with Gasteiger partial charge in [-0.05, 0) is 31.9 Å². The van der Waals surface area contributed by atoms with E-state index >= 15 is 0 Å². The summed E-state index contributed by atoms with van der Waals surface area (Å²) in [6.45, 7) is 2.83. The van der Waals surface area contributed by atoms with Crippen molar-refractivity contribution in [3.05, 3.63) is 22.2 Å². The lowest BCUT2D eigenvalue weighted by Crippen LogP contribution is -2.30. The van der Waals surface area contributed by atoms with Gasteiger partial charge in [0.15, 0.2) is 0 Å². The number of carbonyl (C=O) groups excluding carboxylic acids is 1. The number of hydrogen-bond donors (Lipinski definition) is 2. The highest BCUT2D eigenvalue weighted by atomic mass is 35.5. The molecule has 7 heteroatoms. The first-order valence-electron chi connectivity index (χ1n) is 6.76. The minimum atomic E-state index is -0.626. The van der Waals surface area contributed by atoms with Crippen molar-refractivity contribution in [2.24, 2.45) is 0 Å². The molecule has 1 fully saturated rings. The second kappa shape index (κ2) is 7.31. The number of benzene rings is 1. The lowest BCUT2D eigenvalue weighted by atomic mass is 10.2. The molecule has 1 aliphatic heterocycles. The molecule has 21 heavy (non-hydrogen) atoms. The van der Waals surface area contributed by atoms with Gasteiger partial charge in [0.05, 0.1) is 28.4 Å². The van der Waals surface area contributed by atoms with Crippen LogP contribution < -0.4 is 11.1 Å². The van der Waals surface area contributed by atoms with E-state index in [1.807, 2.05) is 0 Å². The van der Waals surface area contributed by atoms with Gasteiger partial charge in [-0.15, -0.1) is 0 Å². The number of amides is 1. The normalized spacial score (nSPS) is 19.5. The van der Waals surface area contributed by atoms with Crippen LogP contribution in [-0.4, -0.2) is 31.3 Å². The Morgan fingerprint density at radius 1 is 1.52 bits per heavy atom. The van der Waals surface area contributed by atoms with E-state index in [9.17, 15) is 4.79 Å². The Kier molecular flexibility index (Phi) is 5.70. The molecule has 1 aromatic carbocycles. The van der Waals surface area contributed by atoms with Crippen LogP contribution in [0.5, 0.6) is 0 Å². The van der Waals surface area contributed by atoms with Gasteiger partial charge in [0, 0.05) is 12.3 Å². The predicted octanol–water partition coefficient (Wildman–Crippen LogP) is 3.10. The fraction of sp³-hybridized carbons (Fsp3) is 0.500. The number of rotatable bonds is 5. The van der Waals surface area contributed by atoms with E-state index < -0.39 is 6.10 Å². The maximum atomic E-state index is 12.1. The molecule has 0 aromatic heterocycles. The molecule has 1 amide bonds. The van der Waals surface area contributed by atoms with Crippen molar-refractivity contribution in [3.63, 3.8) is 0 Å². The lowest BCUT2D eigenvalue weighted by molar-refractivity contribution is -0.128. The zero-order chi connectivity index (χ0) is 15.4. The molecule has 0 radical (unpaired) electrons. The van der Waals surface area contributed by atoms with Crippen molar-refractivity contribution in [1.82, 2.24) is 0 Å². The molecule has 1 aromatic rings. The maximum absolute atomic E-state index is 12.1. The minimum absolute atomic E-state index is 0.0731. The Morgan fingerprint density at radius 3 is 2.76 bits per heavy atom. The molecular weight excluding hydrogens is 315 g/mol. The summed E-state index contributed by atoms with van der Waals surface area (Å²) in [5.74, 6) is -0.318. The van der Waals surface area contributed by atoms with Crippen LogP contribution in [0.4, 0.5) is 11.4 Å². The number of nitrogens with one attached hydrogen (secondary N) is 1. The summed E-state index contributed by atoms with van der Waals surface area (Å²) in [5.41, 5.74) is 6.39. The molecule has 0 spiro atoms. The summed E-state index contributed by atoms with van der Waals surface area (Å²) in [7, 11) is 0. The number of hydrogen-bond acceptors (Lipinski definition) is 4. The van der Waals surface area contributed by atoms with Crippen molar-refractivity contribution < 1.29 is 14.3 Å². The third-order valence-corrected chi connectivity index (χ3v) is 3.83. The second-order valence-electron chi connectivity index (χ2n) is 4.96. The molecule has 116 valence electrons. The fourth-order valence-corrected chi connectivity index (χ4v) is 2.64. The van der Waals surface area contributed by atoms with E-state index in [1.54, 1.807) is 6.92 Å². The fourth-order valence-electron chi connectivity index (χ4n) is 2.04. The van der Waals surface area contributed by atoms with E-state index in [0.29, 0.717) is 28.0 Å². The Labute approximate surface area is 133 Å². The maximum Gasteiger partial charge on any atom is 0.253 e. The van der Waals surface area contributed by atoms with Gasteiger partial charge in [-0.1, -0.05) is 23.2 Å². The molecule has 2 atom stereocenters. The molecule has 2 unspecified atom stereocenters. The van der Waals surface area contributed by atoms with Crippen LogP contribution >= 0.6 is 23.2 Å². The number of nitrogens with two attached hydrogens (primary N) is 1. The van der Waals surface area contributed by atoms with E-state index in [-0.39, 0.29) is 12.0 Å². The summed E-state index contributed by atoms with van der Waals surface area (Å²) in [5, 5.41) is 3.24. The van der Waals surface area contributed by atoms with Crippen LogP contribution in [0.15, 0.2) is 12.1 Å². The van der Waals surface area contributed by atoms with Crippen LogP contribution in [0.3, 0.4) is 0 Å². The van der Waals surface area contributed by atoms with E-state index in [0.717, 1.165) is 19.4 Å². The second-order valence-corrected chi connectivity index (χ2v) is 5.77. The summed E-state index contributed by atoms with van der Waals surface area (Å²) in [6.07, 6.45) is 1.44. The molecule has 0 saturated carbocycles. The minimum Gasteiger partial charge on any atom is -0.399 e. The Bertz CT molecular complexity index is 496. The number of anilines is 2. The van der Waals surface area contributed by atoms with Gasteiger partial charge in [-0.25, -0.2) is 0 Å². The molecule has 0 aliphatic carbocycles. The van der Waals surface area contributed by atoms with E-state index in [4.69, 9.17) is 38.4 Å². The van der Waals surface area contributed by atoms with Crippen LogP contribution in [0.2, 0.25) is 10.0 Å². The van der Waals surface area contributed by atoms with Crippen molar-refractivity contribution in [1.29, 1.82) is 0 Å². The number of carbonyl (C=O) groups is 1. The predicted molar refractivity (Wildman–Crippen MR) is 83.9 cm³/mol. The van der Waals surface area contributed by atoms with Gasteiger partial charge >= 0.3 is 0 Å². The van der Waals surface area contributed by atoms with E-state index in [1.165, 1.54) is 12.1 Å². The summed E-state index contributed by atoms with van der Waals surface area (Å²) >= 11 is 12.0. The van der Waals surface area contributed by atoms with Gasteiger partial charge in [0.25, 0.3) is 5.91 Å². The van der Waals surface area contributed by atoms with Crippen LogP contribution in [0, 0.1) is 0 Å². The van der Waals surface area contributed by atoms with Gasteiger partial charge in [0.1, 0.15) is 6.10 Å². The summed E-state index contributed by atoms with van der Waals surface area (Å²) in [4.78, 5) is 12.1. The molecular formula is C14H18Cl2N2O3. The number of halogens is 2. The zero-order valence-corrected chi connectivity index (χ0v) is 13.2. The topological polar surface area (TPSA) is 73.6 Å². The van der Waals surface area contributed by atoms with Crippen molar-refractivity contribution >= 4 is 40.5 Å². The molecule has 3 N–H and O–H groups in total. The van der Waals surface area contributed by atoms with Crippen LogP contribution in [0.1, 0.15) is 19.8 Å². The lowest BCUT2D eigenvalue weighted by Gasteiger charge is -2.17. The summed E-state index contributed by atoms with van der Waals surface area (Å²) in [6, 6.07) is 3.06. The van der Waals surface area contributed by atoms with Crippen molar-refractivity contribution in [2.75, 3.05) is 24.3 Å². The first kappa shape index (κ1) is 16.4.